The molecule has 132 valence electrons. The number of aryl methyl sites for hydroxylation is 1. The van der Waals surface area contributed by atoms with Gasteiger partial charge in [-0.05, 0) is 19.2 Å². The number of carbonyl (C=O) groups is 1. The fourth-order valence-corrected chi connectivity index (χ4v) is 2.92. The number of oxazole rings is 1. The summed E-state index contributed by atoms with van der Waals surface area (Å²) in [4.78, 5) is 22.3. The Morgan fingerprint density at radius 2 is 2.16 bits per heavy atom. The van der Waals surface area contributed by atoms with Gasteiger partial charge in [0.2, 0.25) is 17.5 Å². The molecule has 8 nitrogen and oxygen atoms in total. The molecule has 3 rings (SSSR count). The van der Waals surface area contributed by atoms with Crippen LogP contribution in [0.25, 0.3) is 0 Å². The second kappa shape index (κ2) is 7.40. The highest BCUT2D eigenvalue weighted by atomic mass is 16.4. The van der Waals surface area contributed by atoms with Crippen LogP contribution < -0.4 is 4.90 Å². The first-order valence-corrected chi connectivity index (χ1v) is 8.18. The molecule has 2 aromatic rings. The number of aromatic nitrogens is 1. The number of piperazine rings is 1. The lowest BCUT2D eigenvalue weighted by atomic mass is 10.3. The van der Waals surface area contributed by atoms with Crippen molar-refractivity contribution in [1.29, 1.82) is 5.26 Å². The summed E-state index contributed by atoms with van der Waals surface area (Å²) >= 11 is 0. The topological polar surface area (TPSA) is 89.8 Å². The molecule has 3 heterocycles. The van der Waals surface area contributed by atoms with E-state index in [0.29, 0.717) is 56.7 Å². The Morgan fingerprint density at radius 1 is 1.40 bits per heavy atom. The molecule has 0 aromatic carbocycles. The van der Waals surface area contributed by atoms with E-state index >= 15 is 0 Å². The first-order valence-electron chi connectivity index (χ1n) is 8.18. The van der Waals surface area contributed by atoms with Crippen LogP contribution in [0.3, 0.4) is 0 Å². The zero-order valence-electron chi connectivity index (χ0n) is 14.4. The molecule has 1 amide bonds. The molecule has 0 spiro atoms. The standard InChI is InChI=1S/C17H21N5O3/c1-13-19-15(10-18)17(25-13)22-7-5-21(6-8-22)16(23)12-20(2)11-14-4-3-9-24-14/h3-4,9H,5-8,11-12H2,1-2H3. The van der Waals surface area contributed by atoms with Crippen LogP contribution in [-0.2, 0) is 11.3 Å². The lowest BCUT2D eigenvalue weighted by Gasteiger charge is -2.35. The minimum atomic E-state index is 0.0861. The molecule has 2 aromatic heterocycles. The average molecular weight is 343 g/mol. The van der Waals surface area contributed by atoms with Crippen molar-refractivity contribution in [1.82, 2.24) is 14.8 Å². The Morgan fingerprint density at radius 3 is 2.80 bits per heavy atom. The molecule has 1 fully saturated rings. The first-order chi connectivity index (χ1) is 12.1. The number of nitriles is 1. The Balaban J connectivity index is 1.51. The van der Waals surface area contributed by atoms with Gasteiger partial charge in [-0.2, -0.15) is 5.26 Å². The van der Waals surface area contributed by atoms with Gasteiger partial charge in [0.15, 0.2) is 5.89 Å². The van der Waals surface area contributed by atoms with Gasteiger partial charge in [0.25, 0.3) is 0 Å². The van der Waals surface area contributed by atoms with Crippen molar-refractivity contribution in [3.63, 3.8) is 0 Å². The molecule has 1 aliphatic rings. The Bertz CT molecular complexity index is 754. The monoisotopic (exact) mass is 343 g/mol. The number of amides is 1. The molecular weight excluding hydrogens is 322 g/mol. The van der Waals surface area contributed by atoms with Crippen molar-refractivity contribution in [2.75, 3.05) is 44.7 Å². The van der Waals surface area contributed by atoms with E-state index in [1.807, 2.05) is 33.9 Å². The van der Waals surface area contributed by atoms with Crippen molar-refractivity contribution in [3.8, 4) is 6.07 Å². The predicted octanol–water partition coefficient (Wildman–Crippen LogP) is 1.23. The molecule has 0 bridgehead atoms. The van der Waals surface area contributed by atoms with Crippen LogP contribution in [0.15, 0.2) is 27.2 Å². The summed E-state index contributed by atoms with van der Waals surface area (Å²) in [5.41, 5.74) is 0.301. The molecular formula is C17H21N5O3. The lowest BCUT2D eigenvalue weighted by molar-refractivity contribution is -0.132. The molecule has 0 unspecified atom stereocenters. The lowest BCUT2D eigenvalue weighted by Crippen LogP contribution is -2.51. The summed E-state index contributed by atoms with van der Waals surface area (Å²) in [5.74, 6) is 1.90. The van der Waals surface area contributed by atoms with Crippen LogP contribution in [0.1, 0.15) is 17.3 Å². The number of likely N-dealkylation sites (N-methyl/N-ethyl adjacent to an activating group) is 1. The van der Waals surface area contributed by atoms with Gasteiger partial charge in [-0.3, -0.25) is 9.69 Å². The third kappa shape index (κ3) is 4.00. The highest BCUT2D eigenvalue weighted by molar-refractivity contribution is 5.78. The highest BCUT2D eigenvalue weighted by Gasteiger charge is 2.26. The van der Waals surface area contributed by atoms with Crippen LogP contribution in [0.4, 0.5) is 5.88 Å². The minimum Gasteiger partial charge on any atom is -0.468 e. The van der Waals surface area contributed by atoms with Crippen molar-refractivity contribution < 1.29 is 13.6 Å². The number of hydrogen-bond donors (Lipinski definition) is 0. The molecule has 0 radical (unpaired) electrons. The van der Waals surface area contributed by atoms with Crippen molar-refractivity contribution in [3.05, 3.63) is 35.7 Å². The number of rotatable bonds is 5. The van der Waals surface area contributed by atoms with Crippen molar-refractivity contribution >= 4 is 11.8 Å². The maximum Gasteiger partial charge on any atom is 0.236 e. The van der Waals surface area contributed by atoms with Crippen molar-refractivity contribution in [2.45, 2.75) is 13.5 Å². The normalized spacial score (nSPS) is 14.8. The zero-order chi connectivity index (χ0) is 17.8. The minimum absolute atomic E-state index is 0.0861. The second-order valence-electron chi connectivity index (χ2n) is 6.12. The van der Waals surface area contributed by atoms with E-state index in [2.05, 4.69) is 11.1 Å². The summed E-state index contributed by atoms with van der Waals surface area (Å²) in [7, 11) is 1.90. The van der Waals surface area contributed by atoms with Crippen LogP contribution in [-0.4, -0.2) is 60.5 Å². The fourth-order valence-electron chi connectivity index (χ4n) is 2.92. The molecule has 1 aliphatic heterocycles. The van der Waals surface area contributed by atoms with Crippen molar-refractivity contribution in [2.24, 2.45) is 0 Å². The smallest absolute Gasteiger partial charge is 0.236 e. The largest absolute Gasteiger partial charge is 0.468 e. The van der Waals surface area contributed by atoms with E-state index in [9.17, 15) is 4.79 Å². The van der Waals surface area contributed by atoms with E-state index in [0.717, 1.165) is 5.76 Å². The first kappa shape index (κ1) is 17.0. The van der Waals surface area contributed by atoms with Crippen LogP contribution in [0.2, 0.25) is 0 Å². The van der Waals surface area contributed by atoms with Gasteiger partial charge in [-0.1, -0.05) is 0 Å². The fraction of sp³-hybridized carbons (Fsp3) is 0.471. The molecule has 25 heavy (non-hydrogen) atoms. The molecule has 0 N–H and O–H groups in total. The van der Waals surface area contributed by atoms with E-state index < -0.39 is 0 Å². The third-order valence-electron chi connectivity index (χ3n) is 4.15. The van der Waals surface area contributed by atoms with Crippen LogP contribution in [0, 0.1) is 18.3 Å². The number of nitrogens with zero attached hydrogens (tertiary/aromatic N) is 5. The van der Waals surface area contributed by atoms with Gasteiger partial charge in [0.1, 0.15) is 11.8 Å². The summed E-state index contributed by atoms with van der Waals surface area (Å²) in [5, 5.41) is 9.13. The quantitative estimate of drug-likeness (QED) is 0.806. The molecule has 8 heteroatoms. The summed E-state index contributed by atoms with van der Waals surface area (Å²) < 4.78 is 10.8. The molecule has 0 saturated carbocycles. The zero-order valence-corrected chi connectivity index (χ0v) is 14.4. The number of carbonyl (C=O) groups excluding carboxylic acids is 1. The average Bonchev–Trinajstić information content (AvgIpc) is 3.24. The van der Waals surface area contributed by atoms with Gasteiger partial charge in [0.05, 0.1) is 19.4 Å². The van der Waals surface area contributed by atoms with Gasteiger partial charge in [-0.15, -0.1) is 0 Å². The van der Waals surface area contributed by atoms with Crippen LogP contribution in [0.5, 0.6) is 0 Å². The van der Waals surface area contributed by atoms with Gasteiger partial charge in [0, 0.05) is 33.1 Å². The number of furan rings is 1. The van der Waals surface area contributed by atoms with Gasteiger partial charge < -0.3 is 18.6 Å². The van der Waals surface area contributed by atoms with Gasteiger partial charge >= 0.3 is 0 Å². The van der Waals surface area contributed by atoms with E-state index in [-0.39, 0.29) is 5.91 Å². The molecule has 0 aliphatic carbocycles. The Hall–Kier alpha value is -2.79. The van der Waals surface area contributed by atoms with E-state index in [1.54, 1.807) is 13.2 Å². The highest BCUT2D eigenvalue weighted by Crippen LogP contribution is 2.22. The Labute approximate surface area is 146 Å². The van der Waals surface area contributed by atoms with Crippen LogP contribution >= 0.6 is 0 Å². The van der Waals surface area contributed by atoms with Gasteiger partial charge in [-0.25, -0.2) is 4.98 Å². The third-order valence-corrected chi connectivity index (χ3v) is 4.15. The molecule has 1 saturated heterocycles. The number of hydrogen-bond acceptors (Lipinski definition) is 7. The maximum absolute atomic E-state index is 12.5. The SMILES string of the molecule is Cc1nc(C#N)c(N2CCN(C(=O)CN(C)Cc3ccco3)CC2)o1. The predicted molar refractivity (Wildman–Crippen MR) is 89.8 cm³/mol. The maximum atomic E-state index is 12.5. The Kier molecular flexibility index (Phi) is 5.05. The van der Waals surface area contributed by atoms with E-state index in [4.69, 9.17) is 14.1 Å². The summed E-state index contributed by atoms with van der Waals surface area (Å²) in [6.07, 6.45) is 1.63. The summed E-state index contributed by atoms with van der Waals surface area (Å²) in [6, 6.07) is 5.79. The summed E-state index contributed by atoms with van der Waals surface area (Å²) in [6.45, 7) is 5.09. The van der Waals surface area contributed by atoms with E-state index in [1.165, 1.54) is 0 Å². The molecule has 0 atom stereocenters. The number of anilines is 1. The second-order valence-corrected chi connectivity index (χ2v) is 6.12.